The molecule has 170 valence electrons. The summed E-state index contributed by atoms with van der Waals surface area (Å²) in [7, 11) is 1.61. The van der Waals surface area contributed by atoms with Crippen LogP contribution in [0.5, 0.6) is 5.75 Å². The third kappa shape index (κ3) is 4.88. The number of nitrogens with one attached hydrogen (secondary N) is 1. The average molecular weight is 465 g/mol. The number of ether oxygens (including phenoxy) is 1. The van der Waals surface area contributed by atoms with Crippen LogP contribution in [-0.4, -0.2) is 46.0 Å². The van der Waals surface area contributed by atoms with Gasteiger partial charge in [0.25, 0.3) is 0 Å². The Balaban J connectivity index is 1.43. The molecule has 0 atom stereocenters. The van der Waals surface area contributed by atoms with Gasteiger partial charge in [-0.3, -0.25) is 19.5 Å². The van der Waals surface area contributed by atoms with Gasteiger partial charge in [0.15, 0.2) is 0 Å². The Morgan fingerprint density at radius 3 is 2.58 bits per heavy atom. The number of carbonyl (C=O) groups is 2. The Morgan fingerprint density at radius 2 is 1.91 bits per heavy atom. The summed E-state index contributed by atoms with van der Waals surface area (Å²) in [5.74, 6) is 1.02. The molecule has 0 aliphatic heterocycles. The molecule has 2 aromatic carbocycles. The summed E-state index contributed by atoms with van der Waals surface area (Å²) in [6.07, 6.45) is 5.64. The number of nitrogens with zero attached hydrogens (tertiary/aromatic N) is 3. The molecule has 2 saturated carbocycles. The number of aromatic nitrogens is 2. The van der Waals surface area contributed by atoms with E-state index in [4.69, 9.17) is 16.3 Å². The molecule has 0 bridgehead atoms. The lowest BCUT2D eigenvalue weighted by molar-refractivity contribution is -0.136. The first-order valence-electron chi connectivity index (χ1n) is 11.1. The molecule has 2 amide bonds. The zero-order valence-corrected chi connectivity index (χ0v) is 19.1. The number of imidazole rings is 1. The molecule has 2 aliphatic carbocycles. The smallest absolute Gasteiger partial charge is 0.246 e. The minimum absolute atomic E-state index is 0.0429. The van der Waals surface area contributed by atoms with Crippen LogP contribution in [0.4, 0.5) is 5.95 Å². The van der Waals surface area contributed by atoms with Crippen LogP contribution >= 0.6 is 11.6 Å². The first-order valence-corrected chi connectivity index (χ1v) is 11.5. The van der Waals surface area contributed by atoms with Gasteiger partial charge in [-0.05, 0) is 49.9 Å². The molecule has 1 aromatic heterocycles. The molecule has 2 aliphatic rings. The van der Waals surface area contributed by atoms with Crippen LogP contribution < -0.4 is 10.1 Å². The second kappa shape index (κ2) is 8.90. The molecule has 0 unspecified atom stereocenters. The topological polar surface area (TPSA) is 76.5 Å². The summed E-state index contributed by atoms with van der Waals surface area (Å²) in [6.45, 7) is 0.0429. The lowest BCUT2D eigenvalue weighted by atomic mass is 10.2. The van der Waals surface area contributed by atoms with Crippen molar-refractivity contribution in [3.63, 3.8) is 0 Å². The van der Waals surface area contributed by atoms with Gasteiger partial charge in [-0.25, -0.2) is 4.98 Å². The van der Waals surface area contributed by atoms with Gasteiger partial charge in [0.05, 0.1) is 18.5 Å². The third-order valence-corrected chi connectivity index (χ3v) is 6.19. The highest BCUT2D eigenvalue weighted by molar-refractivity contribution is 6.30. The Kier molecular flexibility index (Phi) is 5.81. The van der Waals surface area contributed by atoms with E-state index in [2.05, 4.69) is 10.3 Å². The molecule has 0 saturated heterocycles. The highest BCUT2D eigenvalue weighted by atomic mass is 35.5. The summed E-state index contributed by atoms with van der Waals surface area (Å²) >= 11 is 6.04. The van der Waals surface area contributed by atoms with Crippen molar-refractivity contribution in [1.29, 1.82) is 0 Å². The predicted octanol–water partition coefficient (Wildman–Crippen LogP) is 4.54. The molecule has 1 N–H and O–H groups in total. The Hall–Kier alpha value is -3.32. The lowest BCUT2D eigenvalue weighted by Crippen LogP contribution is -2.40. The predicted molar refractivity (Wildman–Crippen MR) is 127 cm³/mol. The van der Waals surface area contributed by atoms with Crippen molar-refractivity contribution in [3.8, 4) is 22.7 Å². The van der Waals surface area contributed by atoms with Gasteiger partial charge < -0.3 is 9.64 Å². The summed E-state index contributed by atoms with van der Waals surface area (Å²) < 4.78 is 7.18. The number of hydrogen-bond acceptors (Lipinski definition) is 4. The van der Waals surface area contributed by atoms with Gasteiger partial charge >= 0.3 is 0 Å². The van der Waals surface area contributed by atoms with Crippen molar-refractivity contribution in [3.05, 3.63) is 59.8 Å². The zero-order valence-electron chi connectivity index (χ0n) is 18.3. The summed E-state index contributed by atoms with van der Waals surface area (Å²) in [5, 5.41) is 3.57. The highest BCUT2D eigenvalue weighted by Crippen LogP contribution is 2.36. The number of halogens is 1. The van der Waals surface area contributed by atoms with Crippen molar-refractivity contribution in [1.82, 2.24) is 14.5 Å². The van der Waals surface area contributed by atoms with E-state index in [-0.39, 0.29) is 30.3 Å². The third-order valence-electron chi connectivity index (χ3n) is 5.94. The standard InChI is InChI=1S/C25H25ClN4O3/c1-33-21-4-2-3-20(13-21)30-14-22(16-7-9-18(26)10-8-16)27-25(30)28-23(31)15-29(19-11-12-19)24(32)17-5-6-17/h2-4,7-10,13-14,17,19H,5-6,11-12,15H2,1H3,(H,27,28,31). The molecule has 0 spiro atoms. The first kappa shape index (κ1) is 21.5. The number of carbonyl (C=O) groups excluding carboxylic acids is 2. The Labute approximate surface area is 197 Å². The van der Waals surface area contributed by atoms with Gasteiger partial charge in [-0.1, -0.05) is 29.8 Å². The van der Waals surface area contributed by atoms with Crippen LogP contribution in [0, 0.1) is 5.92 Å². The Morgan fingerprint density at radius 1 is 1.15 bits per heavy atom. The van der Waals surface area contributed by atoms with E-state index in [1.807, 2.05) is 47.2 Å². The molecule has 5 rings (SSSR count). The lowest BCUT2D eigenvalue weighted by Gasteiger charge is -2.21. The highest BCUT2D eigenvalue weighted by Gasteiger charge is 2.40. The molecular formula is C25H25ClN4O3. The molecule has 33 heavy (non-hydrogen) atoms. The molecule has 3 aromatic rings. The normalized spacial score (nSPS) is 15.2. The molecule has 2 fully saturated rings. The van der Waals surface area contributed by atoms with Gasteiger partial charge in [0, 0.05) is 34.8 Å². The maximum absolute atomic E-state index is 13.0. The number of methoxy groups -OCH3 is 1. The van der Waals surface area contributed by atoms with E-state index in [1.54, 1.807) is 24.1 Å². The monoisotopic (exact) mass is 464 g/mol. The van der Waals surface area contributed by atoms with Crippen molar-refractivity contribution >= 4 is 29.4 Å². The average Bonchev–Trinajstić information content (AvgIpc) is 3.75. The van der Waals surface area contributed by atoms with Crippen LogP contribution in [0.2, 0.25) is 5.02 Å². The van der Waals surface area contributed by atoms with Crippen molar-refractivity contribution < 1.29 is 14.3 Å². The van der Waals surface area contributed by atoms with Gasteiger partial charge in [0.1, 0.15) is 12.3 Å². The molecular weight excluding hydrogens is 440 g/mol. The van der Waals surface area contributed by atoms with Crippen LogP contribution in [0.1, 0.15) is 25.7 Å². The summed E-state index contributed by atoms with van der Waals surface area (Å²) in [5.41, 5.74) is 2.36. The fourth-order valence-corrected chi connectivity index (χ4v) is 3.97. The van der Waals surface area contributed by atoms with Crippen molar-refractivity contribution in [2.45, 2.75) is 31.7 Å². The van der Waals surface area contributed by atoms with E-state index < -0.39 is 0 Å². The van der Waals surface area contributed by atoms with Gasteiger partial charge in [-0.2, -0.15) is 0 Å². The first-order chi connectivity index (χ1) is 16.0. The van der Waals surface area contributed by atoms with Crippen LogP contribution in [-0.2, 0) is 9.59 Å². The van der Waals surface area contributed by atoms with Gasteiger partial charge in [0.2, 0.25) is 17.8 Å². The van der Waals surface area contributed by atoms with E-state index >= 15 is 0 Å². The van der Waals surface area contributed by atoms with E-state index in [1.165, 1.54) is 0 Å². The molecule has 7 nitrogen and oxygen atoms in total. The number of rotatable bonds is 8. The van der Waals surface area contributed by atoms with E-state index in [0.717, 1.165) is 36.9 Å². The van der Waals surface area contributed by atoms with Crippen molar-refractivity contribution in [2.75, 3.05) is 19.0 Å². The number of benzene rings is 2. The molecule has 1 heterocycles. The van der Waals surface area contributed by atoms with E-state index in [0.29, 0.717) is 22.4 Å². The van der Waals surface area contributed by atoms with Crippen LogP contribution in [0.25, 0.3) is 16.9 Å². The Bertz CT molecular complexity index is 1180. The molecule has 0 radical (unpaired) electrons. The summed E-state index contributed by atoms with van der Waals surface area (Å²) in [4.78, 5) is 32.1. The fraction of sp³-hybridized carbons (Fsp3) is 0.320. The number of hydrogen-bond donors (Lipinski definition) is 1. The van der Waals surface area contributed by atoms with Crippen molar-refractivity contribution in [2.24, 2.45) is 5.92 Å². The summed E-state index contributed by atoms with van der Waals surface area (Å²) in [6, 6.07) is 15.1. The minimum Gasteiger partial charge on any atom is -0.497 e. The quantitative estimate of drug-likeness (QED) is 0.531. The minimum atomic E-state index is -0.256. The largest absolute Gasteiger partial charge is 0.497 e. The second-order valence-electron chi connectivity index (χ2n) is 8.55. The number of amides is 2. The zero-order chi connectivity index (χ0) is 22.9. The fourth-order valence-electron chi connectivity index (χ4n) is 3.84. The number of anilines is 1. The molecule has 8 heteroatoms. The maximum Gasteiger partial charge on any atom is 0.246 e. The SMILES string of the molecule is COc1cccc(-n2cc(-c3ccc(Cl)cc3)nc2NC(=O)CN(C(=O)C2CC2)C2CC2)c1. The maximum atomic E-state index is 13.0. The van der Waals surface area contributed by atoms with Crippen LogP contribution in [0.3, 0.4) is 0 Å². The van der Waals surface area contributed by atoms with Gasteiger partial charge in [-0.15, -0.1) is 0 Å². The second-order valence-corrected chi connectivity index (χ2v) is 8.98. The van der Waals surface area contributed by atoms with Crippen LogP contribution in [0.15, 0.2) is 54.7 Å². The van der Waals surface area contributed by atoms with E-state index in [9.17, 15) is 9.59 Å².